The molecule has 0 spiro atoms. The SMILES string of the molecule is COc1ccnc(C(=O)N[C@@H](C)C(=O)NN(C)C(c2cccc(C3CC3)c2)c2cccc(C3CC3)c2)c1OC(C)=O. The summed E-state index contributed by atoms with van der Waals surface area (Å²) in [5.41, 5.74) is 7.65. The van der Waals surface area contributed by atoms with Crippen LogP contribution in [-0.2, 0) is 9.59 Å². The fraction of sp³-hybridized carbons (Fsp3) is 0.375. The number of esters is 1. The molecule has 3 aromatic rings. The molecule has 0 bridgehead atoms. The van der Waals surface area contributed by atoms with E-state index in [1.54, 1.807) is 11.9 Å². The molecule has 0 unspecified atom stereocenters. The first-order valence-electron chi connectivity index (χ1n) is 14.0. The summed E-state index contributed by atoms with van der Waals surface area (Å²) in [5, 5.41) is 4.47. The van der Waals surface area contributed by atoms with Crippen LogP contribution in [0.1, 0.15) is 90.2 Å². The van der Waals surface area contributed by atoms with E-state index in [4.69, 9.17) is 9.47 Å². The normalized spacial score (nSPS) is 15.4. The number of carbonyl (C=O) groups excluding carboxylic acids is 3. The van der Waals surface area contributed by atoms with Crippen molar-refractivity contribution >= 4 is 17.8 Å². The summed E-state index contributed by atoms with van der Waals surface area (Å²) in [7, 11) is 3.24. The monoisotopic (exact) mass is 556 g/mol. The van der Waals surface area contributed by atoms with Gasteiger partial charge in [0, 0.05) is 26.2 Å². The minimum Gasteiger partial charge on any atom is -0.493 e. The van der Waals surface area contributed by atoms with Crippen LogP contribution in [0, 0.1) is 0 Å². The molecule has 2 aromatic carbocycles. The molecular formula is C32H36N4O5. The fourth-order valence-corrected chi connectivity index (χ4v) is 5.10. The zero-order valence-corrected chi connectivity index (χ0v) is 23.8. The van der Waals surface area contributed by atoms with Crippen LogP contribution in [0.3, 0.4) is 0 Å². The second-order valence-corrected chi connectivity index (χ2v) is 10.9. The highest BCUT2D eigenvalue weighted by Gasteiger charge is 2.30. The second kappa shape index (κ2) is 12.1. The number of carbonyl (C=O) groups is 3. The topological polar surface area (TPSA) is 110 Å². The number of ether oxygens (including phenoxy) is 2. The Morgan fingerprint density at radius 2 is 1.54 bits per heavy atom. The van der Waals surface area contributed by atoms with Gasteiger partial charge in [-0.15, -0.1) is 0 Å². The van der Waals surface area contributed by atoms with Gasteiger partial charge in [0.25, 0.3) is 11.8 Å². The molecule has 0 aliphatic heterocycles. The van der Waals surface area contributed by atoms with Crippen LogP contribution in [0.15, 0.2) is 60.8 Å². The lowest BCUT2D eigenvalue weighted by molar-refractivity contribution is -0.132. The Hall–Kier alpha value is -4.24. The molecule has 41 heavy (non-hydrogen) atoms. The van der Waals surface area contributed by atoms with Gasteiger partial charge in [0.05, 0.1) is 13.2 Å². The first-order valence-corrected chi connectivity index (χ1v) is 14.0. The van der Waals surface area contributed by atoms with Gasteiger partial charge in [-0.1, -0.05) is 48.5 Å². The van der Waals surface area contributed by atoms with Gasteiger partial charge in [0.15, 0.2) is 11.4 Å². The molecule has 2 aliphatic rings. The summed E-state index contributed by atoms with van der Waals surface area (Å²) in [4.78, 5) is 42.1. The van der Waals surface area contributed by atoms with E-state index in [1.165, 1.54) is 63.1 Å². The Kier molecular flexibility index (Phi) is 8.35. The number of amides is 2. The van der Waals surface area contributed by atoms with Crippen molar-refractivity contribution in [2.45, 2.75) is 63.5 Å². The van der Waals surface area contributed by atoms with Crippen LogP contribution in [0.5, 0.6) is 11.5 Å². The van der Waals surface area contributed by atoms with Crippen LogP contribution in [0.4, 0.5) is 0 Å². The average molecular weight is 557 g/mol. The van der Waals surface area contributed by atoms with Crippen molar-refractivity contribution < 1.29 is 23.9 Å². The van der Waals surface area contributed by atoms with Crippen LogP contribution >= 0.6 is 0 Å². The molecule has 1 heterocycles. The number of hydrogen-bond acceptors (Lipinski definition) is 7. The van der Waals surface area contributed by atoms with Gasteiger partial charge in [0.2, 0.25) is 5.75 Å². The van der Waals surface area contributed by atoms with Crippen molar-refractivity contribution in [2.75, 3.05) is 14.2 Å². The van der Waals surface area contributed by atoms with Crippen molar-refractivity contribution in [2.24, 2.45) is 0 Å². The lowest BCUT2D eigenvalue weighted by Crippen LogP contribution is -2.51. The van der Waals surface area contributed by atoms with E-state index < -0.39 is 23.8 Å². The molecule has 1 aromatic heterocycles. The van der Waals surface area contributed by atoms with Gasteiger partial charge < -0.3 is 14.8 Å². The smallest absolute Gasteiger partial charge is 0.308 e. The first-order chi connectivity index (χ1) is 19.7. The zero-order valence-electron chi connectivity index (χ0n) is 23.8. The predicted molar refractivity (Wildman–Crippen MR) is 154 cm³/mol. The Morgan fingerprint density at radius 3 is 2.05 bits per heavy atom. The number of aromatic nitrogens is 1. The van der Waals surface area contributed by atoms with Gasteiger partial charge in [-0.25, -0.2) is 9.99 Å². The van der Waals surface area contributed by atoms with Crippen molar-refractivity contribution in [3.8, 4) is 11.5 Å². The Balaban J connectivity index is 1.35. The maximum Gasteiger partial charge on any atom is 0.308 e. The van der Waals surface area contributed by atoms with Gasteiger partial charge in [-0.2, -0.15) is 0 Å². The largest absolute Gasteiger partial charge is 0.493 e. The molecule has 2 N–H and O–H groups in total. The van der Waals surface area contributed by atoms with Gasteiger partial charge in [0.1, 0.15) is 6.04 Å². The third-order valence-electron chi connectivity index (χ3n) is 7.51. The van der Waals surface area contributed by atoms with Crippen molar-refractivity contribution in [3.05, 3.63) is 88.7 Å². The summed E-state index contributed by atoms with van der Waals surface area (Å²) in [6.45, 7) is 2.81. The van der Waals surface area contributed by atoms with Crippen molar-refractivity contribution in [1.29, 1.82) is 0 Å². The van der Waals surface area contributed by atoms with E-state index in [-0.39, 0.29) is 23.2 Å². The Bertz CT molecular complexity index is 1390. The molecule has 0 radical (unpaired) electrons. The van der Waals surface area contributed by atoms with E-state index in [2.05, 4.69) is 64.3 Å². The van der Waals surface area contributed by atoms with Crippen molar-refractivity contribution in [3.63, 3.8) is 0 Å². The molecule has 1 atom stereocenters. The van der Waals surface area contributed by atoms with Crippen molar-refractivity contribution in [1.82, 2.24) is 20.7 Å². The molecule has 9 nitrogen and oxygen atoms in total. The van der Waals surface area contributed by atoms with Gasteiger partial charge in [-0.05, 0) is 66.7 Å². The number of hydrazine groups is 1. The number of methoxy groups -OCH3 is 1. The lowest BCUT2D eigenvalue weighted by atomic mass is 9.94. The van der Waals surface area contributed by atoms with Crippen LogP contribution in [0.25, 0.3) is 0 Å². The average Bonchev–Trinajstić information content (AvgIpc) is 3.87. The molecule has 214 valence electrons. The number of pyridine rings is 1. The number of nitrogens with zero attached hydrogens (tertiary/aromatic N) is 2. The van der Waals surface area contributed by atoms with E-state index in [0.29, 0.717) is 11.8 Å². The summed E-state index contributed by atoms with van der Waals surface area (Å²) in [5.74, 6) is -0.412. The summed E-state index contributed by atoms with van der Waals surface area (Å²) in [6.07, 6.45) is 6.19. The molecule has 5 rings (SSSR count). The lowest BCUT2D eigenvalue weighted by Gasteiger charge is -2.31. The maximum absolute atomic E-state index is 13.3. The molecular weight excluding hydrogens is 520 g/mol. The number of benzene rings is 2. The standard InChI is InChI=1S/C32H36N4O5/c1-19(34-32(39)28-30(41-20(2)37)27(40-4)15-16-33-28)31(38)35-36(3)29(25-9-5-7-23(17-25)21-11-12-21)26-10-6-8-24(18-26)22-13-14-22/h5-10,15-19,21-22,29H,11-14H2,1-4H3,(H,34,39)(H,35,38)/t19-/m0/s1. The summed E-state index contributed by atoms with van der Waals surface area (Å²) in [6, 6.07) is 17.5. The third-order valence-corrected chi connectivity index (χ3v) is 7.51. The molecule has 9 heteroatoms. The van der Waals surface area contributed by atoms with Crippen LogP contribution in [-0.4, -0.2) is 48.0 Å². The van der Waals surface area contributed by atoms with E-state index in [9.17, 15) is 14.4 Å². The van der Waals surface area contributed by atoms with Gasteiger partial charge in [-0.3, -0.25) is 19.8 Å². The predicted octanol–water partition coefficient (Wildman–Crippen LogP) is 4.64. The van der Waals surface area contributed by atoms with Crippen LogP contribution < -0.4 is 20.2 Å². The number of rotatable bonds is 11. The second-order valence-electron chi connectivity index (χ2n) is 10.9. The third kappa shape index (κ3) is 6.74. The van der Waals surface area contributed by atoms with E-state index >= 15 is 0 Å². The molecule has 2 aliphatic carbocycles. The quantitative estimate of drug-likeness (QED) is 0.262. The Labute approximate surface area is 240 Å². The minimum absolute atomic E-state index is 0.101. The van der Waals surface area contributed by atoms with Crippen LogP contribution in [0.2, 0.25) is 0 Å². The number of nitrogens with one attached hydrogen (secondary N) is 2. The number of hydrogen-bond donors (Lipinski definition) is 2. The highest BCUT2D eigenvalue weighted by atomic mass is 16.6. The first kappa shape index (κ1) is 28.3. The minimum atomic E-state index is -0.917. The zero-order chi connectivity index (χ0) is 29.1. The maximum atomic E-state index is 13.3. The molecule has 0 saturated heterocycles. The molecule has 2 amide bonds. The highest BCUT2D eigenvalue weighted by molar-refractivity contribution is 5.99. The summed E-state index contributed by atoms with van der Waals surface area (Å²) < 4.78 is 10.4. The summed E-state index contributed by atoms with van der Waals surface area (Å²) >= 11 is 0. The Morgan fingerprint density at radius 1 is 0.951 bits per heavy atom. The fourth-order valence-electron chi connectivity index (χ4n) is 5.10. The highest BCUT2D eigenvalue weighted by Crippen LogP contribution is 2.43. The van der Waals surface area contributed by atoms with Gasteiger partial charge >= 0.3 is 5.97 Å². The molecule has 2 saturated carbocycles. The molecule has 2 fully saturated rings. The van der Waals surface area contributed by atoms with E-state index in [0.717, 1.165) is 11.1 Å². The van der Waals surface area contributed by atoms with E-state index in [1.807, 2.05) is 7.05 Å².